The van der Waals surface area contributed by atoms with Gasteiger partial charge in [0.2, 0.25) is 0 Å². The van der Waals surface area contributed by atoms with Gasteiger partial charge in [0.15, 0.2) is 0 Å². The van der Waals surface area contributed by atoms with Crippen LogP contribution < -0.4 is 0 Å². The molecule has 0 aromatic heterocycles. The van der Waals surface area contributed by atoms with Crippen molar-refractivity contribution in [2.24, 2.45) is 0 Å². The molecule has 0 bridgehead atoms. The van der Waals surface area contributed by atoms with Crippen LogP contribution in [0.3, 0.4) is 0 Å². The highest BCUT2D eigenvalue weighted by molar-refractivity contribution is 5.92. The molecule has 1 unspecified atom stereocenters. The van der Waals surface area contributed by atoms with E-state index in [0.717, 1.165) is 30.4 Å². The first-order valence-electron chi connectivity index (χ1n) is 5.95. The normalized spacial score (nSPS) is 26.8. The lowest BCUT2D eigenvalue weighted by Gasteiger charge is -2.14. The predicted octanol–water partition coefficient (Wildman–Crippen LogP) is 1.72. The minimum absolute atomic E-state index is 0.255. The molecule has 0 aromatic carbocycles. The molecule has 0 amide bonds. The number of aliphatic hydroxyl groups is 1. The van der Waals surface area contributed by atoms with Gasteiger partial charge in [0, 0.05) is 17.6 Å². The van der Waals surface area contributed by atoms with E-state index >= 15 is 0 Å². The van der Waals surface area contributed by atoms with Crippen molar-refractivity contribution in [1.29, 1.82) is 0 Å². The molecule has 0 spiro atoms. The first-order chi connectivity index (χ1) is 8.18. The van der Waals surface area contributed by atoms with Crippen LogP contribution in [-0.4, -0.2) is 23.8 Å². The SMILES string of the molecule is C/C(C#CC1=CCCCC1O)=C1\CCOC1=O. The van der Waals surface area contributed by atoms with E-state index in [1.54, 1.807) is 0 Å². The Labute approximate surface area is 101 Å². The van der Waals surface area contributed by atoms with Gasteiger partial charge in [-0.2, -0.15) is 0 Å². The van der Waals surface area contributed by atoms with E-state index in [1.807, 2.05) is 13.0 Å². The maximum absolute atomic E-state index is 11.3. The van der Waals surface area contributed by atoms with Crippen molar-refractivity contribution in [3.63, 3.8) is 0 Å². The third-order valence-corrected chi connectivity index (χ3v) is 3.08. The summed E-state index contributed by atoms with van der Waals surface area (Å²) in [5.41, 5.74) is 2.21. The molecule has 0 saturated carbocycles. The zero-order valence-electron chi connectivity index (χ0n) is 9.95. The molecule has 3 heteroatoms. The van der Waals surface area contributed by atoms with Crippen molar-refractivity contribution >= 4 is 5.97 Å². The van der Waals surface area contributed by atoms with Gasteiger partial charge in [-0.05, 0) is 26.2 Å². The molecule has 3 nitrogen and oxygen atoms in total. The Bertz CT molecular complexity index is 446. The van der Waals surface area contributed by atoms with Gasteiger partial charge in [-0.1, -0.05) is 17.9 Å². The van der Waals surface area contributed by atoms with Crippen molar-refractivity contribution in [3.05, 3.63) is 22.8 Å². The summed E-state index contributed by atoms with van der Waals surface area (Å²) >= 11 is 0. The number of hydrogen-bond donors (Lipinski definition) is 1. The summed E-state index contributed by atoms with van der Waals surface area (Å²) in [6, 6.07) is 0. The van der Waals surface area contributed by atoms with Crippen LogP contribution >= 0.6 is 0 Å². The molecular formula is C14H16O3. The van der Waals surface area contributed by atoms with E-state index in [1.165, 1.54) is 0 Å². The van der Waals surface area contributed by atoms with Crippen LogP contribution in [0.25, 0.3) is 0 Å². The zero-order valence-corrected chi connectivity index (χ0v) is 9.95. The summed E-state index contributed by atoms with van der Waals surface area (Å²) in [5.74, 6) is 5.66. The summed E-state index contributed by atoms with van der Waals surface area (Å²) in [6.45, 7) is 2.28. The molecule has 1 fully saturated rings. The third-order valence-electron chi connectivity index (χ3n) is 3.08. The Hall–Kier alpha value is -1.53. The molecule has 0 aromatic rings. The number of allylic oxidation sites excluding steroid dienone is 2. The minimum atomic E-state index is -0.440. The molecule has 1 atom stereocenters. The van der Waals surface area contributed by atoms with E-state index < -0.39 is 6.10 Å². The molecule has 1 N–H and O–H groups in total. The van der Waals surface area contributed by atoms with Gasteiger partial charge in [0.1, 0.15) is 0 Å². The highest BCUT2D eigenvalue weighted by Gasteiger charge is 2.20. The number of esters is 1. The molecule has 90 valence electrons. The van der Waals surface area contributed by atoms with Gasteiger partial charge in [-0.3, -0.25) is 0 Å². The Kier molecular flexibility index (Phi) is 3.65. The molecular weight excluding hydrogens is 216 g/mol. The molecule has 1 aliphatic heterocycles. The Morgan fingerprint density at radius 1 is 1.59 bits per heavy atom. The van der Waals surface area contributed by atoms with Crippen molar-refractivity contribution in [2.45, 2.75) is 38.7 Å². The molecule has 1 saturated heterocycles. The van der Waals surface area contributed by atoms with E-state index in [4.69, 9.17) is 4.74 Å². The Morgan fingerprint density at radius 2 is 2.41 bits per heavy atom. The van der Waals surface area contributed by atoms with Crippen molar-refractivity contribution in [1.82, 2.24) is 0 Å². The van der Waals surface area contributed by atoms with Gasteiger partial charge in [-0.25, -0.2) is 4.79 Å². The first-order valence-corrected chi connectivity index (χ1v) is 5.95. The number of ether oxygens (including phenoxy) is 1. The molecule has 2 aliphatic rings. The molecule has 1 heterocycles. The second-order valence-corrected chi connectivity index (χ2v) is 4.35. The number of rotatable bonds is 0. The van der Waals surface area contributed by atoms with Crippen LogP contribution in [0.1, 0.15) is 32.6 Å². The fraction of sp³-hybridized carbons (Fsp3) is 0.500. The van der Waals surface area contributed by atoms with Crippen molar-refractivity contribution in [3.8, 4) is 11.8 Å². The first kappa shape index (κ1) is 11.9. The van der Waals surface area contributed by atoms with Crippen LogP contribution in [-0.2, 0) is 9.53 Å². The predicted molar refractivity (Wildman–Crippen MR) is 64.0 cm³/mol. The van der Waals surface area contributed by atoms with Gasteiger partial charge in [-0.15, -0.1) is 0 Å². The lowest BCUT2D eigenvalue weighted by Crippen LogP contribution is -2.12. The number of carbonyl (C=O) groups excluding carboxylic acids is 1. The van der Waals surface area contributed by atoms with Crippen LogP contribution in [0, 0.1) is 11.8 Å². The van der Waals surface area contributed by atoms with Crippen LogP contribution in [0.4, 0.5) is 0 Å². The van der Waals surface area contributed by atoms with Crippen molar-refractivity contribution < 1.29 is 14.6 Å². The Morgan fingerprint density at radius 3 is 3.06 bits per heavy atom. The van der Waals surface area contributed by atoms with E-state index in [0.29, 0.717) is 18.6 Å². The van der Waals surface area contributed by atoms with Crippen LogP contribution in [0.2, 0.25) is 0 Å². The number of aliphatic hydroxyl groups excluding tert-OH is 1. The van der Waals surface area contributed by atoms with Crippen molar-refractivity contribution in [2.75, 3.05) is 6.61 Å². The summed E-state index contributed by atoms with van der Waals surface area (Å²) in [5, 5.41) is 9.72. The van der Waals surface area contributed by atoms with Crippen LogP contribution in [0.5, 0.6) is 0 Å². The number of carbonyl (C=O) groups is 1. The highest BCUT2D eigenvalue weighted by atomic mass is 16.5. The standard InChI is InChI=1S/C14H16O3/c1-10(12-8-9-17-14(12)16)6-7-11-4-2-3-5-13(11)15/h4,13,15H,2-3,5,8-9H2,1H3/b12-10-. The maximum atomic E-state index is 11.3. The summed E-state index contributed by atoms with van der Waals surface area (Å²) in [4.78, 5) is 11.3. The number of cyclic esters (lactones) is 1. The minimum Gasteiger partial charge on any atom is -0.462 e. The fourth-order valence-electron chi connectivity index (χ4n) is 2.01. The fourth-order valence-corrected chi connectivity index (χ4v) is 2.01. The average molecular weight is 232 g/mol. The zero-order chi connectivity index (χ0) is 12.3. The third kappa shape index (κ3) is 2.78. The average Bonchev–Trinajstić information content (AvgIpc) is 2.74. The topological polar surface area (TPSA) is 46.5 Å². The molecule has 17 heavy (non-hydrogen) atoms. The number of hydrogen-bond acceptors (Lipinski definition) is 3. The van der Waals surface area contributed by atoms with Gasteiger partial charge >= 0.3 is 5.97 Å². The van der Waals surface area contributed by atoms with E-state index in [2.05, 4.69) is 11.8 Å². The summed E-state index contributed by atoms with van der Waals surface area (Å²) in [7, 11) is 0. The van der Waals surface area contributed by atoms with E-state index in [9.17, 15) is 9.90 Å². The monoisotopic (exact) mass is 232 g/mol. The van der Waals surface area contributed by atoms with Crippen LogP contribution in [0.15, 0.2) is 22.8 Å². The maximum Gasteiger partial charge on any atom is 0.335 e. The summed E-state index contributed by atoms with van der Waals surface area (Å²) < 4.78 is 4.87. The lowest BCUT2D eigenvalue weighted by molar-refractivity contribution is -0.135. The Balaban J connectivity index is 2.16. The van der Waals surface area contributed by atoms with E-state index in [-0.39, 0.29) is 5.97 Å². The quantitative estimate of drug-likeness (QED) is 0.393. The van der Waals surface area contributed by atoms with Gasteiger partial charge in [0.25, 0.3) is 0 Å². The summed E-state index contributed by atoms with van der Waals surface area (Å²) in [6.07, 6.45) is 4.94. The molecule has 0 radical (unpaired) electrons. The second-order valence-electron chi connectivity index (χ2n) is 4.35. The second kappa shape index (κ2) is 5.20. The van der Waals surface area contributed by atoms with Gasteiger partial charge < -0.3 is 9.84 Å². The lowest BCUT2D eigenvalue weighted by atomic mass is 9.96. The smallest absolute Gasteiger partial charge is 0.335 e. The highest BCUT2D eigenvalue weighted by Crippen LogP contribution is 2.19. The molecule has 1 aliphatic carbocycles. The van der Waals surface area contributed by atoms with Gasteiger partial charge in [0.05, 0.1) is 18.3 Å². The largest absolute Gasteiger partial charge is 0.462 e. The molecule has 2 rings (SSSR count).